The lowest BCUT2D eigenvalue weighted by molar-refractivity contribution is -0.872. The van der Waals surface area contributed by atoms with Crippen LogP contribution < -0.4 is 15.1 Å². The summed E-state index contributed by atoms with van der Waals surface area (Å²) in [6.45, 7) is 2.19. The van der Waals surface area contributed by atoms with Crippen molar-refractivity contribution in [2.75, 3.05) is 25.5 Å². The molecule has 0 aromatic heterocycles. The van der Waals surface area contributed by atoms with Gasteiger partial charge in [0.25, 0.3) is 5.91 Å². The van der Waals surface area contributed by atoms with E-state index in [0.29, 0.717) is 18.5 Å². The van der Waals surface area contributed by atoms with Crippen molar-refractivity contribution >= 4 is 17.5 Å². The van der Waals surface area contributed by atoms with E-state index in [-0.39, 0.29) is 11.8 Å². The van der Waals surface area contributed by atoms with Crippen LogP contribution in [0, 0.1) is 0 Å². The van der Waals surface area contributed by atoms with E-state index in [1.165, 1.54) is 10.5 Å². The first-order valence-corrected chi connectivity index (χ1v) is 9.08. The summed E-state index contributed by atoms with van der Waals surface area (Å²) in [5.41, 5.74) is 3.73. The SMILES string of the molecule is C[NH+](C)Cc1ccc(CNC(=O)c2cccc(N3CCCC3=O)c2)cc1. The lowest BCUT2D eigenvalue weighted by Gasteiger charge is -2.16. The maximum Gasteiger partial charge on any atom is 0.251 e. The Kier molecular flexibility index (Phi) is 5.68. The molecule has 2 aromatic rings. The van der Waals surface area contributed by atoms with Crippen molar-refractivity contribution in [1.29, 1.82) is 0 Å². The predicted octanol–water partition coefficient (Wildman–Crippen LogP) is 1.39. The van der Waals surface area contributed by atoms with Gasteiger partial charge in [-0.15, -0.1) is 0 Å². The van der Waals surface area contributed by atoms with Crippen LogP contribution in [0.1, 0.15) is 34.3 Å². The first kappa shape index (κ1) is 18.1. The first-order valence-electron chi connectivity index (χ1n) is 9.08. The van der Waals surface area contributed by atoms with Crippen LogP contribution >= 0.6 is 0 Å². The summed E-state index contributed by atoms with van der Waals surface area (Å²) in [6.07, 6.45) is 1.46. The fourth-order valence-electron chi connectivity index (χ4n) is 3.20. The van der Waals surface area contributed by atoms with E-state index < -0.39 is 0 Å². The molecular formula is C21H26N3O2+. The number of hydrogen-bond acceptors (Lipinski definition) is 2. The monoisotopic (exact) mass is 352 g/mol. The van der Waals surface area contributed by atoms with E-state index >= 15 is 0 Å². The molecule has 3 rings (SSSR count). The van der Waals surface area contributed by atoms with Gasteiger partial charge in [0.2, 0.25) is 5.91 Å². The van der Waals surface area contributed by atoms with Crippen LogP contribution in [0.15, 0.2) is 48.5 Å². The van der Waals surface area contributed by atoms with Crippen molar-refractivity contribution in [3.63, 3.8) is 0 Å². The molecule has 0 saturated carbocycles. The predicted molar refractivity (Wildman–Crippen MR) is 102 cm³/mol. The van der Waals surface area contributed by atoms with Crippen molar-refractivity contribution < 1.29 is 14.5 Å². The molecule has 136 valence electrons. The van der Waals surface area contributed by atoms with Gasteiger partial charge in [-0.2, -0.15) is 0 Å². The number of carbonyl (C=O) groups is 2. The van der Waals surface area contributed by atoms with Gasteiger partial charge in [0.1, 0.15) is 6.54 Å². The number of quaternary nitrogens is 1. The van der Waals surface area contributed by atoms with E-state index in [9.17, 15) is 9.59 Å². The van der Waals surface area contributed by atoms with Gasteiger partial charge in [0, 0.05) is 36.3 Å². The molecule has 0 radical (unpaired) electrons. The quantitative estimate of drug-likeness (QED) is 0.825. The van der Waals surface area contributed by atoms with Gasteiger partial charge in [-0.3, -0.25) is 9.59 Å². The molecule has 2 aromatic carbocycles. The fraction of sp³-hybridized carbons (Fsp3) is 0.333. The second kappa shape index (κ2) is 8.15. The molecular weight excluding hydrogens is 326 g/mol. The minimum absolute atomic E-state index is 0.125. The van der Waals surface area contributed by atoms with Crippen LogP contribution in [0.3, 0.4) is 0 Å². The molecule has 1 aliphatic heterocycles. The fourth-order valence-corrected chi connectivity index (χ4v) is 3.20. The lowest BCUT2D eigenvalue weighted by atomic mass is 10.1. The second-order valence-corrected chi connectivity index (χ2v) is 7.08. The molecule has 2 amide bonds. The zero-order valence-corrected chi connectivity index (χ0v) is 15.4. The normalized spacial score (nSPS) is 14.1. The second-order valence-electron chi connectivity index (χ2n) is 7.08. The summed E-state index contributed by atoms with van der Waals surface area (Å²) >= 11 is 0. The number of anilines is 1. The molecule has 0 atom stereocenters. The summed E-state index contributed by atoms with van der Waals surface area (Å²) < 4.78 is 0. The molecule has 5 nitrogen and oxygen atoms in total. The lowest BCUT2D eigenvalue weighted by Crippen LogP contribution is -3.04. The van der Waals surface area contributed by atoms with Gasteiger partial charge in [-0.05, 0) is 30.2 Å². The Labute approximate surface area is 154 Å². The molecule has 1 aliphatic rings. The summed E-state index contributed by atoms with van der Waals surface area (Å²) in [7, 11) is 4.25. The summed E-state index contributed by atoms with van der Waals surface area (Å²) in [5, 5.41) is 2.96. The third-order valence-electron chi connectivity index (χ3n) is 4.53. The number of nitrogens with one attached hydrogen (secondary N) is 2. The molecule has 0 bridgehead atoms. The van der Waals surface area contributed by atoms with E-state index in [1.807, 2.05) is 12.1 Å². The summed E-state index contributed by atoms with van der Waals surface area (Å²) in [5.74, 6) is 0.00233. The number of hydrogen-bond donors (Lipinski definition) is 2. The topological polar surface area (TPSA) is 53.9 Å². The van der Waals surface area contributed by atoms with E-state index in [2.05, 4.69) is 43.7 Å². The molecule has 2 N–H and O–H groups in total. The van der Waals surface area contributed by atoms with Crippen LogP contribution in [-0.2, 0) is 17.9 Å². The Balaban J connectivity index is 1.60. The van der Waals surface area contributed by atoms with Crippen molar-refractivity contribution in [3.8, 4) is 0 Å². The highest BCUT2D eigenvalue weighted by atomic mass is 16.2. The Hall–Kier alpha value is -2.66. The first-order chi connectivity index (χ1) is 12.5. The maximum atomic E-state index is 12.5. The molecule has 1 saturated heterocycles. The molecule has 1 heterocycles. The number of carbonyl (C=O) groups excluding carboxylic acids is 2. The van der Waals surface area contributed by atoms with Crippen LogP contribution in [0.25, 0.3) is 0 Å². The molecule has 26 heavy (non-hydrogen) atoms. The van der Waals surface area contributed by atoms with Crippen LogP contribution in [0.2, 0.25) is 0 Å². The van der Waals surface area contributed by atoms with Crippen LogP contribution in [0.4, 0.5) is 5.69 Å². The zero-order valence-electron chi connectivity index (χ0n) is 15.4. The Bertz CT molecular complexity index is 784. The van der Waals surface area contributed by atoms with Crippen LogP contribution in [-0.4, -0.2) is 32.5 Å². The summed E-state index contributed by atoms with van der Waals surface area (Å²) in [6, 6.07) is 15.6. The van der Waals surface area contributed by atoms with Gasteiger partial charge >= 0.3 is 0 Å². The third-order valence-corrected chi connectivity index (χ3v) is 4.53. The number of rotatable bonds is 6. The highest BCUT2D eigenvalue weighted by Crippen LogP contribution is 2.22. The average molecular weight is 352 g/mol. The van der Waals surface area contributed by atoms with Crippen LogP contribution in [0.5, 0.6) is 0 Å². The third kappa shape index (κ3) is 4.49. The van der Waals surface area contributed by atoms with Gasteiger partial charge in [-0.1, -0.05) is 30.3 Å². The Morgan fingerprint density at radius 2 is 1.85 bits per heavy atom. The zero-order chi connectivity index (χ0) is 18.5. The van der Waals surface area contributed by atoms with Crippen molar-refractivity contribution in [2.45, 2.75) is 25.9 Å². The van der Waals surface area contributed by atoms with E-state index in [4.69, 9.17) is 0 Å². The van der Waals surface area contributed by atoms with E-state index in [0.717, 1.165) is 30.8 Å². The van der Waals surface area contributed by atoms with E-state index in [1.54, 1.807) is 17.0 Å². The minimum Gasteiger partial charge on any atom is -0.348 e. The standard InChI is InChI=1S/C21H25N3O2/c1-23(2)15-17-10-8-16(9-11-17)14-22-21(26)18-5-3-6-19(13-18)24-12-4-7-20(24)25/h3,5-6,8-11,13H,4,7,12,14-15H2,1-2H3,(H,22,26)/p+1. The van der Waals surface area contributed by atoms with Gasteiger partial charge in [-0.25, -0.2) is 0 Å². The van der Waals surface area contributed by atoms with Crippen molar-refractivity contribution in [3.05, 3.63) is 65.2 Å². The highest BCUT2D eigenvalue weighted by molar-refractivity contribution is 5.99. The molecule has 5 heteroatoms. The molecule has 0 spiro atoms. The highest BCUT2D eigenvalue weighted by Gasteiger charge is 2.22. The molecule has 1 fully saturated rings. The van der Waals surface area contributed by atoms with Gasteiger partial charge in [0.15, 0.2) is 0 Å². The van der Waals surface area contributed by atoms with Gasteiger partial charge in [0.05, 0.1) is 14.1 Å². The molecule has 0 aliphatic carbocycles. The average Bonchev–Trinajstić information content (AvgIpc) is 3.06. The Morgan fingerprint density at radius 1 is 1.12 bits per heavy atom. The largest absolute Gasteiger partial charge is 0.348 e. The minimum atomic E-state index is -0.125. The number of benzene rings is 2. The van der Waals surface area contributed by atoms with Crippen molar-refractivity contribution in [1.82, 2.24) is 5.32 Å². The number of amides is 2. The maximum absolute atomic E-state index is 12.5. The Morgan fingerprint density at radius 3 is 2.50 bits per heavy atom. The van der Waals surface area contributed by atoms with Gasteiger partial charge < -0.3 is 15.1 Å². The summed E-state index contributed by atoms with van der Waals surface area (Å²) in [4.78, 5) is 27.5. The van der Waals surface area contributed by atoms with Crippen molar-refractivity contribution in [2.24, 2.45) is 0 Å². The molecule has 0 unspecified atom stereocenters. The smallest absolute Gasteiger partial charge is 0.251 e. The number of nitrogens with zero attached hydrogens (tertiary/aromatic N) is 1.